The molecule has 0 bridgehead atoms. The topological polar surface area (TPSA) is 68.5 Å². The van der Waals surface area contributed by atoms with Crippen molar-refractivity contribution in [2.24, 2.45) is 0 Å². The van der Waals surface area contributed by atoms with Crippen LogP contribution < -0.4 is 5.32 Å². The molecule has 25 heavy (non-hydrogen) atoms. The van der Waals surface area contributed by atoms with E-state index >= 15 is 0 Å². The molecule has 0 aliphatic rings. The molecule has 0 saturated heterocycles. The van der Waals surface area contributed by atoms with Crippen molar-refractivity contribution in [2.75, 3.05) is 5.32 Å². The summed E-state index contributed by atoms with van der Waals surface area (Å²) in [5.74, 6) is 1.44. The molecule has 0 atom stereocenters. The van der Waals surface area contributed by atoms with Gasteiger partial charge in [-0.2, -0.15) is 5.10 Å². The van der Waals surface area contributed by atoms with Crippen molar-refractivity contribution >= 4 is 22.7 Å². The van der Waals surface area contributed by atoms with Crippen LogP contribution >= 0.6 is 0 Å². The highest BCUT2D eigenvalue weighted by molar-refractivity contribution is 5.88. The van der Waals surface area contributed by atoms with E-state index in [1.165, 1.54) is 5.56 Å². The smallest absolute Gasteiger partial charge is 0.168 e. The van der Waals surface area contributed by atoms with E-state index in [9.17, 15) is 0 Å². The Morgan fingerprint density at radius 3 is 2.68 bits per heavy atom. The van der Waals surface area contributed by atoms with Crippen LogP contribution in [0, 0.1) is 20.8 Å². The maximum Gasteiger partial charge on any atom is 0.168 e. The van der Waals surface area contributed by atoms with Gasteiger partial charge in [0.15, 0.2) is 5.65 Å². The van der Waals surface area contributed by atoms with E-state index in [1.54, 1.807) is 12.5 Å². The van der Waals surface area contributed by atoms with Gasteiger partial charge in [-0.15, -0.1) is 0 Å². The summed E-state index contributed by atoms with van der Waals surface area (Å²) in [6.07, 6.45) is 3.33. The minimum atomic E-state index is 0.694. The fourth-order valence-electron chi connectivity index (χ4n) is 2.90. The first-order valence-corrected chi connectivity index (χ1v) is 8.09. The van der Waals surface area contributed by atoms with Crippen molar-refractivity contribution < 1.29 is 0 Å². The van der Waals surface area contributed by atoms with Crippen molar-refractivity contribution in [1.82, 2.24) is 24.7 Å². The highest BCUT2D eigenvalue weighted by Crippen LogP contribution is 2.25. The molecule has 124 valence electrons. The number of hydrogen-bond donors (Lipinski definition) is 1. The maximum atomic E-state index is 4.53. The van der Waals surface area contributed by atoms with Gasteiger partial charge in [0.2, 0.25) is 0 Å². The first-order valence-electron chi connectivity index (χ1n) is 8.09. The predicted molar refractivity (Wildman–Crippen MR) is 98.4 cm³/mol. The van der Waals surface area contributed by atoms with Crippen LogP contribution in [0.1, 0.15) is 16.8 Å². The summed E-state index contributed by atoms with van der Waals surface area (Å²) in [7, 11) is 0. The Balaban J connectivity index is 1.80. The SMILES string of the molecule is Cc1ccc(-n2ncc3c(Nc4cccc(C)n4)ncnc32)c(C)c1. The van der Waals surface area contributed by atoms with E-state index in [0.717, 1.165) is 33.8 Å². The van der Waals surface area contributed by atoms with Gasteiger partial charge in [0, 0.05) is 5.69 Å². The minimum Gasteiger partial charge on any atom is -0.324 e. The fourth-order valence-corrected chi connectivity index (χ4v) is 2.90. The lowest BCUT2D eigenvalue weighted by Gasteiger charge is -2.09. The molecule has 1 N–H and O–H groups in total. The number of aromatic nitrogens is 5. The van der Waals surface area contributed by atoms with Gasteiger partial charge in [-0.25, -0.2) is 19.6 Å². The highest BCUT2D eigenvalue weighted by atomic mass is 15.3. The Kier molecular flexibility index (Phi) is 3.65. The van der Waals surface area contributed by atoms with Crippen LogP contribution in [0.5, 0.6) is 0 Å². The largest absolute Gasteiger partial charge is 0.324 e. The number of anilines is 2. The fraction of sp³-hybridized carbons (Fsp3) is 0.158. The molecule has 0 saturated carbocycles. The predicted octanol–water partition coefficient (Wildman–Crippen LogP) is 3.88. The zero-order valence-electron chi connectivity index (χ0n) is 14.4. The number of fused-ring (bicyclic) bond motifs is 1. The average Bonchev–Trinajstić information content (AvgIpc) is 3.00. The Hall–Kier alpha value is -3.28. The zero-order valence-corrected chi connectivity index (χ0v) is 14.4. The number of hydrogen-bond acceptors (Lipinski definition) is 5. The van der Waals surface area contributed by atoms with Gasteiger partial charge in [-0.1, -0.05) is 23.8 Å². The summed E-state index contributed by atoms with van der Waals surface area (Å²) in [5.41, 5.74) is 5.09. The summed E-state index contributed by atoms with van der Waals surface area (Å²) >= 11 is 0. The molecule has 1 aromatic carbocycles. The summed E-state index contributed by atoms with van der Waals surface area (Å²) in [6.45, 7) is 6.11. The van der Waals surface area contributed by atoms with Crippen LogP contribution in [0.15, 0.2) is 48.9 Å². The van der Waals surface area contributed by atoms with Gasteiger partial charge in [0.1, 0.15) is 18.0 Å². The molecule has 6 nitrogen and oxygen atoms in total. The second-order valence-corrected chi connectivity index (χ2v) is 6.10. The van der Waals surface area contributed by atoms with Gasteiger partial charge in [0.25, 0.3) is 0 Å². The molecule has 0 radical (unpaired) electrons. The van der Waals surface area contributed by atoms with Crippen molar-refractivity contribution in [3.05, 3.63) is 65.7 Å². The number of rotatable bonds is 3. The molecule has 0 unspecified atom stereocenters. The first-order chi connectivity index (χ1) is 12.1. The van der Waals surface area contributed by atoms with Crippen molar-refractivity contribution in [2.45, 2.75) is 20.8 Å². The van der Waals surface area contributed by atoms with Crippen molar-refractivity contribution in [1.29, 1.82) is 0 Å². The number of benzene rings is 1. The first kappa shape index (κ1) is 15.3. The second kappa shape index (κ2) is 5.98. The van der Waals surface area contributed by atoms with E-state index in [2.05, 4.69) is 57.4 Å². The van der Waals surface area contributed by atoms with Crippen molar-refractivity contribution in [3.8, 4) is 5.69 Å². The van der Waals surface area contributed by atoms with Crippen LogP contribution in [-0.4, -0.2) is 24.7 Å². The molecular formula is C19H18N6. The average molecular weight is 330 g/mol. The van der Waals surface area contributed by atoms with Crippen LogP contribution in [0.3, 0.4) is 0 Å². The number of pyridine rings is 1. The summed E-state index contributed by atoms with van der Waals surface area (Å²) in [4.78, 5) is 13.3. The molecule has 3 heterocycles. The van der Waals surface area contributed by atoms with E-state index in [4.69, 9.17) is 0 Å². The van der Waals surface area contributed by atoms with E-state index < -0.39 is 0 Å². The third-order valence-corrected chi connectivity index (χ3v) is 4.08. The normalized spacial score (nSPS) is 11.0. The van der Waals surface area contributed by atoms with Gasteiger partial charge in [0.05, 0.1) is 17.3 Å². The number of aryl methyl sites for hydroxylation is 3. The number of nitrogens with one attached hydrogen (secondary N) is 1. The lowest BCUT2D eigenvalue weighted by molar-refractivity contribution is 0.886. The van der Waals surface area contributed by atoms with Gasteiger partial charge in [-0.3, -0.25) is 0 Å². The van der Waals surface area contributed by atoms with Gasteiger partial charge >= 0.3 is 0 Å². The van der Waals surface area contributed by atoms with Crippen LogP contribution in [0.2, 0.25) is 0 Å². The Labute approximate surface area is 145 Å². The molecule has 6 heteroatoms. The molecule has 4 rings (SSSR count). The molecule has 3 aromatic heterocycles. The monoisotopic (exact) mass is 330 g/mol. The molecule has 0 spiro atoms. The molecule has 0 fully saturated rings. The van der Waals surface area contributed by atoms with Crippen LogP contribution in [0.25, 0.3) is 16.7 Å². The lowest BCUT2D eigenvalue weighted by Crippen LogP contribution is -2.02. The maximum absolute atomic E-state index is 4.53. The summed E-state index contributed by atoms with van der Waals surface area (Å²) in [5, 5.41) is 8.64. The number of nitrogens with zero attached hydrogens (tertiary/aromatic N) is 5. The summed E-state index contributed by atoms with van der Waals surface area (Å²) in [6, 6.07) is 12.1. The third-order valence-electron chi connectivity index (χ3n) is 4.08. The highest BCUT2D eigenvalue weighted by Gasteiger charge is 2.13. The Bertz CT molecular complexity index is 1070. The molecule has 0 aliphatic carbocycles. The molecular weight excluding hydrogens is 312 g/mol. The quantitative estimate of drug-likeness (QED) is 0.617. The second-order valence-electron chi connectivity index (χ2n) is 6.10. The minimum absolute atomic E-state index is 0.694. The van der Waals surface area contributed by atoms with Gasteiger partial charge in [-0.05, 0) is 44.5 Å². The molecule has 0 amide bonds. The Morgan fingerprint density at radius 2 is 1.88 bits per heavy atom. The van der Waals surface area contributed by atoms with Crippen molar-refractivity contribution in [3.63, 3.8) is 0 Å². The Morgan fingerprint density at radius 1 is 1.00 bits per heavy atom. The standard InChI is InChI=1S/C19H18N6/c1-12-7-8-16(13(2)9-12)25-19-15(10-22-25)18(20-11-21-19)24-17-6-4-5-14(3)23-17/h4-11H,1-3H3,(H,20,21,23,24). The molecule has 4 aromatic rings. The zero-order chi connectivity index (χ0) is 17.4. The van der Waals surface area contributed by atoms with Gasteiger partial charge < -0.3 is 5.32 Å². The van der Waals surface area contributed by atoms with E-state index in [0.29, 0.717) is 5.82 Å². The molecule has 0 aliphatic heterocycles. The lowest BCUT2D eigenvalue weighted by atomic mass is 10.1. The summed E-state index contributed by atoms with van der Waals surface area (Å²) < 4.78 is 1.85. The van der Waals surface area contributed by atoms with Crippen LogP contribution in [-0.2, 0) is 0 Å². The van der Waals surface area contributed by atoms with E-state index in [1.807, 2.05) is 29.8 Å². The third kappa shape index (κ3) is 2.82. The van der Waals surface area contributed by atoms with E-state index in [-0.39, 0.29) is 0 Å². The van der Waals surface area contributed by atoms with Crippen LogP contribution in [0.4, 0.5) is 11.6 Å².